The van der Waals surface area contributed by atoms with Crippen LogP contribution >= 0.6 is 0 Å². The fourth-order valence-corrected chi connectivity index (χ4v) is 1.50. The molecule has 1 saturated heterocycles. The number of piperazine rings is 1. The summed E-state index contributed by atoms with van der Waals surface area (Å²) in [5.41, 5.74) is 0. The number of carboxylic acid groups (broad SMARTS) is 1. The molecule has 0 bridgehead atoms. The van der Waals surface area contributed by atoms with Crippen molar-refractivity contribution in [3.05, 3.63) is 0 Å². The van der Waals surface area contributed by atoms with E-state index in [1.807, 2.05) is 0 Å². The van der Waals surface area contributed by atoms with Crippen molar-refractivity contribution in [1.29, 1.82) is 0 Å². The summed E-state index contributed by atoms with van der Waals surface area (Å²) in [6.45, 7) is 0.248. The van der Waals surface area contributed by atoms with Crippen LogP contribution in [0.4, 0.5) is 13.2 Å². The topological polar surface area (TPSA) is 69.6 Å². The van der Waals surface area contributed by atoms with Crippen LogP contribution in [0.2, 0.25) is 0 Å². The smallest absolute Gasteiger partial charge is 0.397 e. The molecule has 0 aromatic rings. The highest BCUT2D eigenvalue weighted by Crippen LogP contribution is 2.21. The molecule has 0 radical (unpaired) electrons. The largest absolute Gasteiger partial charge is 0.480 e. The number of carbonyl (C=O) groups is 2. The van der Waals surface area contributed by atoms with E-state index in [-0.39, 0.29) is 13.1 Å². The molecule has 1 amide bonds. The maximum Gasteiger partial charge on any atom is 0.397 e. The predicted molar refractivity (Wildman–Crippen MR) is 46.7 cm³/mol. The molecule has 1 atom stereocenters. The molecule has 5 nitrogen and oxygen atoms in total. The van der Waals surface area contributed by atoms with Gasteiger partial charge in [-0.05, 0) is 0 Å². The third kappa shape index (κ3) is 3.37. The fraction of sp³-hybridized carbons (Fsp3) is 0.750. The minimum atomic E-state index is -4.61. The normalized spacial score (nSPS) is 21.9. The third-order valence-electron chi connectivity index (χ3n) is 2.20. The van der Waals surface area contributed by atoms with Gasteiger partial charge < -0.3 is 15.3 Å². The second-order valence-electron chi connectivity index (χ2n) is 3.44. The lowest BCUT2D eigenvalue weighted by Crippen LogP contribution is -2.57. The number of hydrogen-bond donors (Lipinski definition) is 2. The van der Waals surface area contributed by atoms with E-state index in [0.717, 1.165) is 4.90 Å². The molecule has 0 saturated carbocycles. The van der Waals surface area contributed by atoms with Crippen molar-refractivity contribution in [3.63, 3.8) is 0 Å². The summed E-state index contributed by atoms with van der Waals surface area (Å²) >= 11 is 0. The first-order valence-corrected chi connectivity index (χ1v) is 4.61. The lowest BCUT2D eigenvalue weighted by molar-refractivity contribution is -0.168. The van der Waals surface area contributed by atoms with Gasteiger partial charge in [0.1, 0.15) is 12.5 Å². The van der Waals surface area contributed by atoms with E-state index in [1.165, 1.54) is 0 Å². The number of carbonyl (C=O) groups excluding carboxylic acids is 1. The number of nitrogens with zero attached hydrogens (tertiary/aromatic N) is 1. The molecule has 1 fully saturated rings. The molecule has 1 heterocycles. The van der Waals surface area contributed by atoms with Crippen molar-refractivity contribution in [1.82, 2.24) is 10.2 Å². The molecule has 1 rings (SSSR count). The predicted octanol–water partition coefficient (Wildman–Crippen LogP) is -0.176. The Morgan fingerprint density at radius 2 is 2.06 bits per heavy atom. The number of hydrogen-bond acceptors (Lipinski definition) is 3. The molecule has 1 aliphatic heterocycles. The molecule has 0 aliphatic carbocycles. The zero-order chi connectivity index (χ0) is 12.3. The standard InChI is InChI=1S/C8H11F3N2O3/c9-8(10,11)3-6(14)13-2-1-12-4-5(13)7(15)16/h5,12H,1-4H2,(H,15,16). The van der Waals surface area contributed by atoms with Crippen molar-refractivity contribution in [2.75, 3.05) is 19.6 Å². The SMILES string of the molecule is O=C(O)C1CNCCN1C(=O)CC(F)(F)F. The van der Waals surface area contributed by atoms with Crippen LogP contribution in [0.25, 0.3) is 0 Å². The molecular weight excluding hydrogens is 229 g/mol. The summed E-state index contributed by atoms with van der Waals surface area (Å²) in [4.78, 5) is 22.7. The van der Waals surface area contributed by atoms with Gasteiger partial charge in [-0.15, -0.1) is 0 Å². The van der Waals surface area contributed by atoms with Crippen LogP contribution in [0.15, 0.2) is 0 Å². The first-order valence-electron chi connectivity index (χ1n) is 4.61. The highest BCUT2D eigenvalue weighted by molar-refractivity contribution is 5.84. The molecule has 1 unspecified atom stereocenters. The van der Waals surface area contributed by atoms with Crippen molar-refractivity contribution >= 4 is 11.9 Å². The van der Waals surface area contributed by atoms with E-state index < -0.39 is 30.5 Å². The minimum Gasteiger partial charge on any atom is -0.480 e. The molecule has 0 aromatic heterocycles. The maximum absolute atomic E-state index is 12.0. The summed E-state index contributed by atoms with van der Waals surface area (Å²) in [5.74, 6) is -2.50. The Morgan fingerprint density at radius 1 is 1.44 bits per heavy atom. The van der Waals surface area contributed by atoms with Gasteiger partial charge in [-0.25, -0.2) is 4.79 Å². The highest BCUT2D eigenvalue weighted by atomic mass is 19.4. The van der Waals surface area contributed by atoms with Gasteiger partial charge >= 0.3 is 12.1 Å². The van der Waals surface area contributed by atoms with Crippen LogP contribution in [-0.2, 0) is 9.59 Å². The Hall–Kier alpha value is -1.31. The van der Waals surface area contributed by atoms with Crippen molar-refractivity contribution in [2.24, 2.45) is 0 Å². The van der Waals surface area contributed by atoms with Gasteiger partial charge in [-0.2, -0.15) is 13.2 Å². The molecule has 1 aliphatic rings. The summed E-state index contributed by atoms with van der Waals surface area (Å²) in [6, 6.07) is -1.22. The zero-order valence-corrected chi connectivity index (χ0v) is 8.25. The van der Waals surface area contributed by atoms with E-state index in [0.29, 0.717) is 6.54 Å². The summed E-state index contributed by atoms with van der Waals surface area (Å²) < 4.78 is 35.9. The first kappa shape index (κ1) is 12.8. The summed E-state index contributed by atoms with van der Waals surface area (Å²) in [5, 5.41) is 11.4. The van der Waals surface area contributed by atoms with E-state index in [1.54, 1.807) is 0 Å². The number of aliphatic carboxylic acids is 1. The van der Waals surface area contributed by atoms with Gasteiger partial charge in [0.15, 0.2) is 0 Å². The van der Waals surface area contributed by atoms with E-state index in [4.69, 9.17) is 5.11 Å². The average molecular weight is 240 g/mol. The monoisotopic (exact) mass is 240 g/mol. The van der Waals surface area contributed by atoms with Crippen LogP contribution in [0, 0.1) is 0 Å². The van der Waals surface area contributed by atoms with Crippen LogP contribution in [0.5, 0.6) is 0 Å². The van der Waals surface area contributed by atoms with E-state index >= 15 is 0 Å². The summed E-state index contributed by atoms with van der Waals surface area (Å²) in [6.07, 6.45) is -6.22. The number of alkyl halides is 3. The van der Waals surface area contributed by atoms with Gasteiger partial charge in [0.25, 0.3) is 0 Å². The van der Waals surface area contributed by atoms with Gasteiger partial charge in [0, 0.05) is 19.6 Å². The Kier molecular flexibility index (Phi) is 3.74. The Morgan fingerprint density at radius 3 is 2.56 bits per heavy atom. The maximum atomic E-state index is 12.0. The molecule has 92 valence electrons. The molecular formula is C8H11F3N2O3. The zero-order valence-electron chi connectivity index (χ0n) is 8.25. The van der Waals surface area contributed by atoms with Crippen molar-refractivity contribution < 1.29 is 27.9 Å². The Bertz CT molecular complexity index is 293. The lowest BCUT2D eigenvalue weighted by Gasteiger charge is -2.33. The van der Waals surface area contributed by atoms with Crippen LogP contribution in [0.1, 0.15) is 6.42 Å². The van der Waals surface area contributed by atoms with Crippen LogP contribution < -0.4 is 5.32 Å². The molecule has 8 heteroatoms. The van der Waals surface area contributed by atoms with Crippen LogP contribution in [-0.4, -0.2) is 53.7 Å². The second-order valence-corrected chi connectivity index (χ2v) is 3.44. The lowest BCUT2D eigenvalue weighted by atomic mass is 10.1. The second kappa shape index (κ2) is 4.69. The van der Waals surface area contributed by atoms with E-state index in [2.05, 4.69) is 5.32 Å². The van der Waals surface area contributed by atoms with Crippen LogP contribution in [0.3, 0.4) is 0 Å². The fourth-order valence-electron chi connectivity index (χ4n) is 1.50. The molecule has 0 spiro atoms. The number of rotatable bonds is 2. The van der Waals surface area contributed by atoms with Gasteiger partial charge in [0.05, 0.1) is 0 Å². The highest BCUT2D eigenvalue weighted by Gasteiger charge is 2.38. The number of carboxylic acids is 1. The summed E-state index contributed by atoms with van der Waals surface area (Å²) in [7, 11) is 0. The van der Waals surface area contributed by atoms with E-state index in [9.17, 15) is 22.8 Å². The Labute approximate surface area is 89.2 Å². The van der Waals surface area contributed by atoms with Gasteiger partial charge in [-0.3, -0.25) is 4.79 Å². The minimum absolute atomic E-state index is 0.0219. The molecule has 0 aromatic carbocycles. The van der Waals surface area contributed by atoms with Gasteiger partial charge in [0.2, 0.25) is 5.91 Å². The number of nitrogens with one attached hydrogen (secondary N) is 1. The number of amides is 1. The molecule has 16 heavy (non-hydrogen) atoms. The number of halogens is 3. The molecule has 2 N–H and O–H groups in total. The average Bonchev–Trinajstić information content (AvgIpc) is 2.15. The van der Waals surface area contributed by atoms with Crippen molar-refractivity contribution in [3.8, 4) is 0 Å². The Balaban J connectivity index is 2.68. The first-order chi connectivity index (χ1) is 7.31. The van der Waals surface area contributed by atoms with Crippen molar-refractivity contribution in [2.45, 2.75) is 18.6 Å². The third-order valence-corrected chi connectivity index (χ3v) is 2.20. The quantitative estimate of drug-likeness (QED) is 0.702. The van der Waals surface area contributed by atoms with Gasteiger partial charge in [-0.1, -0.05) is 0 Å².